The SMILES string of the molecule is COCc1ccccc1NC(=O)N1CCC(C(=O)O)C1. The van der Waals surface area contributed by atoms with Crippen molar-refractivity contribution in [3.63, 3.8) is 0 Å². The zero-order valence-corrected chi connectivity index (χ0v) is 11.3. The molecule has 2 rings (SSSR count). The second-order valence-electron chi connectivity index (χ2n) is 4.79. The lowest BCUT2D eigenvalue weighted by Crippen LogP contribution is -2.34. The maximum atomic E-state index is 12.1. The Balaban J connectivity index is 2.00. The van der Waals surface area contributed by atoms with Gasteiger partial charge in [0.15, 0.2) is 0 Å². The van der Waals surface area contributed by atoms with Gasteiger partial charge in [-0.25, -0.2) is 4.79 Å². The molecule has 0 radical (unpaired) electrons. The van der Waals surface area contributed by atoms with Gasteiger partial charge in [0, 0.05) is 31.5 Å². The number of carbonyl (C=O) groups is 2. The van der Waals surface area contributed by atoms with Gasteiger partial charge in [-0.1, -0.05) is 18.2 Å². The van der Waals surface area contributed by atoms with Gasteiger partial charge in [-0.05, 0) is 12.5 Å². The van der Waals surface area contributed by atoms with Crippen LogP contribution >= 0.6 is 0 Å². The number of benzene rings is 1. The van der Waals surface area contributed by atoms with Crippen LogP contribution in [0.5, 0.6) is 0 Å². The van der Waals surface area contributed by atoms with Gasteiger partial charge < -0.3 is 20.1 Å². The number of nitrogens with one attached hydrogen (secondary N) is 1. The molecule has 1 aliphatic rings. The van der Waals surface area contributed by atoms with Crippen molar-refractivity contribution in [3.8, 4) is 0 Å². The first-order valence-electron chi connectivity index (χ1n) is 6.47. The first kappa shape index (κ1) is 14.3. The third-order valence-corrected chi connectivity index (χ3v) is 3.38. The molecular formula is C14H18N2O4. The summed E-state index contributed by atoms with van der Waals surface area (Å²) in [6.07, 6.45) is 0.502. The molecule has 2 amide bonds. The number of anilines is 1. The summed E-state index contributed by atoms with van der Waals surface area (Å²) in [4.78, 5) is 24.5. The summed E-state index contributed by atoms with van der Waals surface area (Å²) in [6.45, 7) is 1.14. The number of carboxylic acids is 1. The molecule has 108 valence electrons. The summed E-state index contributed by atoms with van der Waals surface area (Å²) in [5.74, 6) is -1.31. The summed E-state index contributed by atoms with van der Waals surface area (Å²) >= 11 is 0. The van der Waals surface area contributed by atoms with Crippen molar-refractivity contribution in [1.29, 1.82) is 0 Å². The van der Waals surface area contributed by atoms with E-state index < -0.39 is 11.9 Å². The summed E-state index contributed by atoms with van der Waals surface area (Å²) in [6, 6.07) is 7.12. The normalized spacial score (nSPS) is 18.1. The smallest absolute Gasteiger partial charge is 0.321 e. The molecule has 0 bridgehead atoms. The average molecular weight is 278 g/mol. The van der Waals surface area contributed by atoms with Crippen LogP contribution in [0.2, 0.25) is 0 Å². The van der Waals surface area contributed by atoms with Gasteiger partial charge >= 0.3 is 12.0 Å². The number of para-hydroxylation sites is 1. The molecule has 2 N–H and O–H groups in total. The summed E-state index contributed by atoms with van der Waals surface area (Å²) in [5, 5.41) is 11.8. The Kier molecular flexibility index (Phi) is 4.57. The molecule has 1 unspecified atom stereocenters. The van der Waals surface area contributed by atoms with Crippen LogP contribution in [0.4, 0.5) is 10.5 Å². The van der Waals surface area contributed by atoms with Crippen LogP contribution in [0.1, 0.15) is 12.0 Å². The maximum absolute atomic E-state index is 12.1. The molecule has 1 saturated heterocycles. The fourth-order valence-corrected chi connectivity index (χ4v) is 2.26. The molecule has 1 aromatic rings. The summed E-state index contributed by atoms with van der Waals surface area (Å²) in [5.41, 5.74) is 1.58. The highest BCUT2D eigenvalue weighted by molar-refractivity contribution is 5.90. The van der Waals surface area contributed by atoms with E-state index in [-0.39, 0.29) is 12.6 Å². The van der Waals surface area contributed by atoms with Gasteiger partial charge in [-0.15, -0.1) is 0 Å². The van der Waals surface area contributed by atoms with Crippen LogP contribution in [-0.2, 0) is 16.1 Å². The van der Waals surface area contributed by atoms with E-state index in [1.165, 1.54) is 4.90 Å². The number of methoxy groups -OCH3 is 1. The molecule has 1 aromatic carbocycles. The van der Waals surface area contributed by atoms with Crippen molar-refractivity contribution in [1.82, 2.24) is 4.90 Å². The van der Waals surface area contributed by atoms with E-state index in [1.54, 1.807) is 13.2 Å². The van der Waals surface area contributed by atoms with E-state index in [2.05, 4.69) is 5.32 Å². The number of urea groups is 1. The van der Waals surface area contributed by atoms with E-state index in [0.717, 1.165) is 5.56 Å². The van der Waals surface area contributed by atoms with Crippen LogP contribution in [0.15, 0.2) is 24.3 Å². The molecule has 1 atom stereocenters. The lowest BCUT2D eigenvalue weighted by molar-refractivity contribution is -0.141. The predicted molar refractivity (Wildman–Crippen MR) is 73.5 cm³/mol. The highest BCUT2D eigenvalue weighted by atomic mass is 16.5. The molecule has 6 nitrogen and oxygen atoms in total. The zero-order valence-electron chi connectivity index (χ0n) is 11.3. The number of nitrogens with zero attached hydrogens (tertiary/aromatic N) is 1. The Morgan fingerprint density at radius 3 is 2.85 bits per heavy atom. The minimum absolute atomic E-state index is 0.258. The van der Waals surface area contributed by atoms with E-state index in [0.29, 0.717) is 25.3 Å². The Labute approximate surface area is 117 Å². The number of hydrogen-bond acceptors (Lipinski definition) is 3. The Morgan fingerprint density at radius 1 is 1.45 bits per heavy atom. The van der Waals surface area contributed by atoms with Crippen molar-refractivity contribution in [2.24, 2.45) is 5.92 Å². The number of ether oxygens (including phenoxy) is 1. The van der Waals surface area contributed by atoms with Gasteiger partial charge in [0.05, 0.1) is 12.5 Å². The third-order valence-electron chi connectivity index (χ3n) is 3.38. The molecule has 1 fully saturated rings. The van der Waals surface area contributed by atoms with Gasteiger partial charge in [0.1, 0.15) is 0 Å². The number of carbonyl (C=O) groups excluding carboxylic acids is 1. The quantitative estimate of drug-likeness (QED) is 0.879. The van der Waals surface area contributed by atoms with Crippen molar-refractivity contribution in [3.05, 3.63) is 29.8 Å². The number of carboxylic acid groups (broad SMARTS) is 1. The first-order chi connectivity index (χ1) is 9.61. The summed E-state index contributed by atoms with van der Waals surface area (Å²) < 4.78 is 5.08. The fraction of sp³-hybridized carbons (Fsp3) is 0.429. The lowest BCUT2D eigenvalue weighted by atomic mass is 10.1. The fourth-order valence-electron chi connectivity index (χ4n) is 2.26. The van der Waals surface area contributed by atoms with E-state index >= 15 is 0 Å². The second-order valence-corrected chi connectivity index (χ2v) is 4.79. The minimum atomic E-state index is -0.847. The van der Waals surface area contributed by atoms with Gasteiger partial charge in [-0.3, -0.25) is 4.79 Å². The van der Waals surface area contributed by atoms with E-state index in [1.807, 2.05) is 18.2 Å². The van der Waals surface area contributed by atoms with Crippen molar-refractivity contribution >= 4 is 17.7 Å². The number of likely N-dealkylation sites (tertiary alicyclic amines) is 1. The van der Waals surface area contributed by atoms with Crippen LogP contribution in [0.3, 0.4) is 0 Å². The summed E-state index contributed by atoms with van der Waals surface area (Å²) in [7, 11) is 1.59. The minimum Gasteiger partial charge on any atom is -0.481 e. The first-order valence-corrected chi connectivity index (χ1v) is 6.47. The highest BCUT2D eigenvalue weighted by Gasteiger charge is 2.30. The van der Waals surface area contributed by atoms with Crippen LogP contribution < -0.4 is 5.32 Å². The largest absolute Gasteiger partial charge is 0.481 e. The Hall–Kier alpha value is -2.08. The molecule has 0 aromatic heterocycles. The number of amides is 2. The molecule has 0 saturated carbocycles. The molecule has 0 spiro atoms. The number of hydrogen-bond donors (Lipinski definition) is 2. The van der Waals surface area contributed by atoms with Gasteiger partial charge in [0.2, 0.25) is 0 Å². The molecule has 1 heterocycles. The third kappa shape index (κ3) is 3.27. The van der Waals surface area contributed by atoms with Gasteiger partial charge in [0.25, 0.3) is 0 Å². The van der Waals surface area contributed by atoms with Crippen LogP contribution in [0.25, 0.3) is 0 Å². The topological polar surface area (TPSA) is 78.9 Å². The lowest BCUT2D eigenvalue weighted by Gasteiger charge is -2.18. The number of rotatable bonds is 4. The zero-order chi connectivity index (χ0) is 14.5. The molecule has 0 aliphatic carbocycles. The standard InChI is InChI=1S/C14H18N2O4/c1-20-9-11-4-2-3-5-12(11)15-14(19)16-7-6-10(8-16)13(17)18/h2-5,10H,6-9H2,1H3,(H,15,19)(H,17,18). The van der Waals surface area contributed by atoms with Gasteiger partial charge in [-0.2, -0.15) is 0 Å². The molecule has 6 heteroatoms. The van der Waals surface area contributed by atoms with Crippen molar-refractivity contribution in [2.75, 3.05) is 25.5 Å². The van der Waals surface area contributed by atoms with Crippen molar-refractivity contribution in [2.45, 2.75) is 13.0 Å². The Bertz CT molecular complexity index is 504. The van der Waals surface area contributed by atoms with Crippen molar-refractivity contribution < 1.29 is 19.4 Å². The average Bonchev–Trinajstić information content (AvgIpc) is 2.91. The Morgan fingerprint density at radius 2 is 2.20 bits per heavy atom. The van der Waals surface area contributed by atoms with E-state index in [9.17, 15) is 9.59 Å². The molecule has 1 aliphatic heterocycles. The monoisotopic (exact) mass is 278 g/mol. The molecular weight excluding hydrogens is 260 g/mol. The van der Waals surface area contributed by atoms with E-state index in [4.69, 9.17) is 9.84 Å². The second kappa shape index (κ2) is 6.38. The van der Waals surface area contributed by atoms with Crippen LogP contribution in [0, 0.1) is 5.92 Å². The van der Waals surface area contributed by atoms with Crippen LogP contribution in [-0.4, -0.2) is 42.2 Å². The maximum Gasteiger partial charge on any atom is 0.321 e. The highest BCUT2D eigenvalue weighted by Crippen LogP contribution is 2.20. The predicted octanol–water partition coefficient (Wildman–Crippen LogP) is 1.77. The molecule has 20 heavy (non-hydrogen) atoms. The number of aliphatic carboxylic acids is 1.